The number of benzene rings is 1. The molecule has 0 aromatic heterocycles. The Hall–Kier alpha value is -0.860. The second kappa shape index (κ2) is 6.02. The summed E-state index contributed by atoms with van der Waals surface area (Å²) in [6.45, 7) is 4.15. The van der Waals surface area contributed by atoms with Crippen molar-refractivity contribution in [3.63, 3.8) is 0 Å². The fraction of sp³-hybridized carbons (Fsp3) is 0.462. The highest BCUT2D eigenvalue weighted by molar-refractivity contribution is 5.99. The number of hydrogen-bond donors (Lipinski definition) is 0. The minimum atomic E-state index is 0. The van der Waals surface area contributed by atoms with Gasteiger partial charge in [-0.2, -0.15) is 0 Å². The van der Waals surface area contributed by atoms with Crippen molar-refractivity contribution in [3.8, 4) is 0 Å². The number of hydrogen-bond acceptors (Lipinski definition) is 2. The van der Waals surface area contributed by atoms with Crippen molar-refractivity contribution in [2.45, 2.75) is 25.8 Å². The summed E-state index contributed by atoms with van der Waals surface area (Å²) in [5, 5.41) is 0. The second-order valence-electron chi connectivity index (χ2n) is 4.15. The first-order chi connectivity index (χ1) is 7.29. The highest BCUT2D eigenvalue weighted by Gasteiger charge is 2.24. The van der Waals surface area contributed by atoms with Crippen LogP contribution in [0.1, 0.15) is 30.1 Å². The third-order valence-corrected chi connectivity index (χ3v) is 3.13. The van der Waals surface area contributed by atoms with Crippen LogP contribution in [0.3, 0.4) is 0 Å². The SMILES string of the molecule is CC(C(=O)c1ccccc1)N1CCCC1.Cl. The van der Waals surface area contributed by atoms with E-state index in [2.05, 4.69) is 4.90 Å². The molecule has 1 aromatic rings. The Morgan fingerprint density at radius 3 is 2.31 bits per heavy atom. The molecule has 16 heavy (non-hydrogen) atoms. The summed E-state index contributed by atoms with van der Waals surface area (Å²) in [7, 11) is 0. The van der Waals surface area contributed by atoms with Gasteiger partial charge in [0.15, 0.2) is 5.78 Å². The molecule has 1 fully saturated rings. The molecular formula is C13H18ClNO. The maximum atomic E-state index is 12.1. The number of rotatable bonds is 3. The van der Waals surface area contributed by atoms with Gasteiger partial charge in [0.25, 0.3) is 0 Å². The van der Waals surface area contributed by atoms with E-state index in [1.54, 1.807) is 0 Å². The summed E-state index contributed by atoms with van der Waals surface area (Å²) in [5.41, 5.74) is 0.830. The van der Waals surface area contributed by atoms with Gasteiger partial charge in [-0.05, 0) is 32.9 Å². The number of nitrogens with zero attached hydrogens (tertiary/aromatic N) is 1. The topological polar surface area (TPSA) is 20.3 Å². The van der Waals surface area contributed by atoms with Crippen LogP contribution in [0.5, 0.6) is 0 Å². The summed E-state index contributed by atoms with van der Waals surface area (Å²) in [4.78, 5) is 14.4. The van der Waals surface area contributed by atoms with Crippen LogP contribution in [0.25, 0.3) is 0 Å². The monoisotopic (exact) mass is 239 g/mol. The summed E-state index contributed by atoms with van der Waals surface area (Å²) in [6.07, 6.45) is 2.46. The zero-order valence-electron chi connectivity index (χ0n) is 9.56. The lowest BCUT2D eigenvalue weighted by Gasteiger charge is -2.22. The molecule has 2 nitrogen and oxygen atoms in total. The first-order valence-corrected chi connectivity index (χ1v) is 5.62. The van der Waals surface area contributed by atoms with Crippen LogP contribution in [0.15, 0.2) is 30.3 Å². The van der Waals surface area contributed by atoms with Crippen LogP contribution in [0.4, 0.5) is 0 Å². The summed E-state index contributed by atoms with van der Waals surface area (Å²) >= 11 is 0. The zero-order valence-corrected chi connectivity index (χ0v) is 10.4. The van der Waals surface area contributed by atoms with Crippen molar-refractivity contribution < 1.29 is 4.79 Å². The van der Waals surface area contributed by atoms with Gasteiger partial charge in [0.1, 0.15) is 0 Å². The lowest BCUT2D eigenvalue weighted by molar-refractivity contribution is 0.0867. The number of likely N-dealkylation sites (tertiary alicyclic amines) is 1. The maximum absolute atomic E-state index is 12.1. The molecule has 1 saturated heterocycles. The van der Waals surface area contributed by atoms with Gasteiger partial charge in [0, 0.05) is 5.56 Å². The molecule has 1 unspecified atom stereocenters. The third-order valence-electron chi connectivity index (χ3n) is 3.13. The second-order valence-corrected chi connectivity index (χ2v) is 4.15. The third kappa shape index (κ3) is 2.83. The first kappa shape index (κ1) is 13.2. The van der Waals surface area contributed by atoms with Gasteiger partial charge >= 0.3 is 0 Å². The van der Waals surface area contributed by atoms with E-state index in [0.29, 0.717) is 0 Å². The Kier molecular flexibility index (Phi) is 4.97. The predicted molar refractivity (Wildman–Crippen MR) is 68.3 cm³/mol. The van der Waals surface area contributed by atoms with Crippen LogP contribution in [0, 0.1) is 0 Å². The van der Waals surface area contributed by atoms with Gasteiger partial charge in [-0.25, -0.2) is 0 Å². The van der Waals surface area contributed by atoms with Crippen molar-refractivity contribution >= 4 is 18.2 Å². The molecule has 1 heterocycles. The van der Waals surface area contributed by atoms with E-state index < -0.39 is 0 Å². The standard InChI is InChI=1S/C13H17NO.ClH/c1-11(14-9-5-6-10-14)13(15)12-7-3-2-4-8-12;/h2-4,7-8,11H,5-6,9-10H2,1H3;1H. The average molecular weight is 240 g/mol. The summed E-state index contributed by atoms with van der Waals surface area (Å²) < 4.78 is 0. The van der Waals surface area contributed by atoms with Gasteiger partial charge in [0.05, 0.1) is 6.04 Å². The molecule has 1 aliphatic rings. The van der Waals surface area contributed by atoms with E-state index in [4.69, 9.17) is 0 Å². The van der Waals surface area contributed by atoms with Crippen molar-refractivity contribution in [2.75, 3.05) is 13.1 Å². The molecule has 1 atom stereocenters. The van der Waals surface area contributed by atoms with Gasteiger partial charge in [-0.15, -0.1) is 12.4 Å². The molecule has 0 spiro atoms. The van der Waals surface area contributed by atoms with Crippen LogP contribution < -0.4 is 0 Å². The Morgan fingerprint density at radius 2 is 1.75 bits per heavy atom. The first-order valence-electron chi connectivity index (χ1n) is 5.62. The lowest BCUT2D eigenvalue weighted by atomic mass is 10.0. The molecule has 0 N–H and O–H groups in total. The largest absolute Gasteiger partial charge is 0.294 e. The molecule has 3 heteroatoms. The normalized spacial score (nSPS) is 17.8. The fourth-order valence-corrected chi connectivity index (χ4v) is 2.14. The maximum Gasteiger partial charge on any atom is 0.179 e. The van der Waals surface area contributed by atoms with E-state index in [1.807, 2.05) is 37.3 Å². The summed E-state index contributed by atoms with van der Waals surface area (Å²) in [6, 6.07) is 9.62. The van der Waals surface area contributed by atoms with E-state index >= 15 is 0 Å². The Labute approximate surface area is 103 Å². The highest BCUT2D eigenvalue weighted by Crippen LogP contribution is 2.15. The number of Topliss-reactive ketones (excluding diaryl/α,β-unsaturated/α-hetero) is 1. The number of halogens is 1. The smallest absolute Gasteiger partial charge is 0.179 e. The van der Waals surface area contributed by atoms with Crippen LogP contribution in [-0.4, -0.2) is 29.8 Å². The number of carbonyl (C=O) groups is 1. The highest BCUT2D eigenvalue weighted by atomic mass is 35.5. The van der Waals surface area contributed by atoms with Gasteiger partial charge < -0.3 is 0 Å². The molecule has 0 bridgehead atoms. The molecule has 1 aliphatic heterocycles. The lowest BCUT2D eigenvalue weighted by Crippen LogP contribution is -2.36. The van der Waals surface area contributed by atoms with Crippen molar-refractivity contribution in [1.29, 1.82) is 0 Å². The van der Waals surface area contributed by atoms with E-state index in [9.17, 15) is 4.79 Å². The molecular weight excluding hydrogens is 222 g/mol. The van der Waals surface area contributed by atoms with Crippen LogP contribution in [-0.2, 0) is 0 Å². The van der Waals surface area contributed by atoms with Crippen molar-refractivity contribution in [1.82, 2.24) is 4.90 Å². The fourth-order valence-electron chi connectivity index (χ4n) is 2.14. The Bertz CT molecular complexity index is 333. The Morgan fingerprint density at radius 1 is 1.19 bits per heavy atom. The van der Waals surface area contributed by atoms with Crippen molar-refractivity contribution in [2.24, 2.45) is 0 Å². The molecule has 0 saturated carbocycles. The van der Waals surface area contributed by atoms with E-state index in [1.165, 1.54) is 12.8 Å². The Balaban J connectivity index is 0.00000128. The van der Waals surface area contributed by atoms with Gasteiger partial charge in [-0.1, -0.05) is 30.3 Å². The van der Waals surface area contributed by atoms with E-state index in [-0.39, 0.29) is 24.2 Å². The van der Waals surface area contributed by atoms with Gasteiger partial charge in [0.2, 0.25) is 0 Å². The minimum Gasteiger partial charge on any atom is -0.294 e. The zero-order chi connectivity index (χ0) is 10.7. The molecule has 0 aliphatic carbocycles. The van der Waals surface area contributed by atoms with E-state index in [0.717, 1.165) is 18.7 Å². The minimum absolute atomic E-state index is 0. The molecule has 88 valence electrons. The molecule has 2 rings (SSSR count). The van der Waals surface area contributed by atoms with Crippen LogP contribution >= 0.6 is 12.4 Å². The number of carbonyl (C=O) groups excluding carboxylic acids is 1. The quantitative estimate of drug-likeness (QED) is 0.756. The average Bonchev–Trinajstić information content (AvgIpc) is 2.82. The molecule has 1 aromatic carbocycles. The summed E-state index contributed by atoms with van der Waals surface area (Å²) in [5.74, 6) is 0.248. The molecule has 0 amide bonds. The molecule has 0 radical (unpaired) electrons. The van der Waals surface area contributed by atoms with Gasteiger partial charge in [-0.3, -0.25) is 9.69 Å². The van der Waals surface area contributed by atoms with Crippen molar-refractivity contribution in [3.05, 3.63) is 35.9 Å². The number of ketones is 1. The van der Waals surface area contributed by atoms with Crippen LogP contribution in [0.2, 0.25) is 0 Å². The predicted octanol–water partition coefficient (Wildman–Crippen LogP) is 2.78.